The second-order valence-corrected chi connectivity index (χ2v) is 10.5. The lowest BCUT2D eigenvalue weighted by Gasteiger charge is -2.53. The van der Waals surface area contributed by atoms with Crippen LogP contribution in [0.25, 0.3) is 0 Å². The average molecular weight is 449 g/mol. The van der Waals surface area contributed by atoms with E-state index in [9.17, 15) is 18.7 Å². The number of likely N-dealkylation sites (tertiary alicyclic amines) is 2. The van der Waals surface area contributed by atoms with E-state index >= 15 is 0 Å². The number of hydrogen-bond donors (Lipinski definition) is 1. The second-order valence-electron chi connectivity index (χ2n) is 10.5. The van der Waals surface area contributed by atoms with Gasteiger partial charge in [-0.1, -0.05) is 46.1 Å². The van der Waals surface area contributed by atoms with Gasteiger partial charge in [0.05, 0.1) is 11.5 Å². The Morgan fingerprint density at radius 3 is 2.31 bits per heavy atom. The fraction of sp³-hybridized carbons (Fsp3) is 0.731. The molecule has 4 nitrogen and oxygen atoms in total. The number of aliphatic hydroxyl groups is 1. The zero-order valence-electron chi connectivity index (χ0n) is 19.7. The Labute approximate surface area is 191 Å². The number of carbonyl (C=O) groups excluding carboxylic acids is 1. The van der Waals surface area contributed by atoms with E-state index in [1.165, 1.54) is 31.4 Å². The Morgan fingerprint density at radius 1 is 1.06 bits per heavy atom. The van der Waals surface area contributed by atoms with Gasteiger partial charge in [0.1, 0.15) is 11.6 Å². The van der Waals surface area contributed by atoms with Gasteiger partial charge in [-0.25, -0.2) is 8.78 Å². The molecule has 0 bridgehead atoms. The van der Waals surface area contributed by atoms with Gasteiger partial charge in [-0.05, 0) is 36.9 Å². The quantitative estimate of drug-likeness (QED) is 0.741. The highest BCUT2D eigenvalue weighted by Gasteiger charge is 2.51. The van der Waals surface area contributed by atoms with E-state index in [0.29, 0.717) is 37.7 Å². The molecule has 0 spiro atoms. The first-order chi connectivity index (χ1) is 15.3. The van der Waals surface area contributed by atoms with Crippen molar-refractivity contribution in [3.8, 4) is 0 Å². The summed E-state index contributed by atoms with van der Waals surface area (Å²) in [5.41, 5.74) is -0.303. The molecule has 3 fully saturated rings. The van der Waals surface area contributed by atoms with Gasteiger partial charge >= 0.3 is 0 Å². The third-order valence-corrected chi connectivity index (χ3v) is 8.66. The van der Waals surface area contributed by atoms with Crippen LogP contribution in [0.1, 0.15) is 64.4 Å². The maximum Gasteiger partial charge on any atom is 0.227 e. The Balaban J connectivity index is 1.53. The van der Waals surface area contributed by atoms with Crippen molar-refractivity contribution in [1.82, 2.24) is 9.80 Å². The lowest BCUT2D eigenvalue weighted by molar-refractivity contribution is -0.166. The van der Waals surface area contributed by atoms with Crippen molar-refractivity contribution in [2.75, 3.05) is 32.7 Å². The average Bonchev–Trinajstić information content (AvgIpc) is 3.21. The summed E-state index contributed by atoms with van der Waals surface area (Å²) >= 11 is 0. The van der Waals surface area contributed by atoms with Crippen LogP contribution in [0.5, 0.6) is 0 Å². The Hall–Kier alpha value is -1.53. The van der Waals surface area contributed by atoms with Gasteiger partial charge in [0.15, 0.2) is 0 Å². The first kappa shape index (κ1) is 23.6. The number of nitrogens with zero attached hydrogens (tertiary/aromatic N) is 2. The number of piperidine rings is 1. The summed E-state index contributed by atoms with van der Waals surface area (Å²) in [5.74, 6) is -1.45. The van der Waals surface area contributed by atoms with Crippen molar-refractivity contribution in [2.45, 2.75) is 64.4 Å². The highest BCUT2D eigenvalue weighted by molar-refractivity contribution is 5.81. The van der Waals surface area contributed by atoms with Crippen molar-refractivity contribution in [1.29, 1.82) is 0 Å². The van der Waals surface area contributed by atoms with E-state index < -0.39 is 17.2 Å². The smallest absolute Gasteiger partial charge is 0.227 e. The summed E-state index contributed by atoms with van der Waals surface area (Å²) in [5, 5.41) is 11.7. The third kappa shape index (κ3) is 4.21. The van der Waals surface area contributed by atoms with Gasteiger partial charge in [-0.3, -0.25) is 4.79 Å². The van der Waals surface area contributed by atoms with Crippen molar-refractivity contribution >= 4 is 5.91 Å². The van der Waals surface area contributed by atoms with Crippen LogP contribution in [-0.4, -0.2) is 59.1 Å². The van der Waals surface area contributed by atoms with E-state index in [0.717, 1.165) is 25.5 Å². The number of carbonyl (C=O) groups is 1. The van der Waals surface area contributed by atoms with Crippen LogP contribution in [0.3, 0.4) is 0 Å². The molecule has 2 aliphatic heterocycles. The summed E-state index contributed by atoms with van der Waals surface area (Å²) in [6.45, 7) is 9.25. The molecule has 1 N–H and O–H groups in total. The number of rotatable bonds is 4. The van der Waals surface area contributed by atoms with Crippen LogP contribution in [0.15, 0.2) is 18.2 Å². The van der Waals surface area contributed by atoms with Crippen molar-refractivity contribution in [3.63, 3.8) is 0 Å². The van der Waals surface area contributed by atoms with Crippen molar-refractivity contribution in [3.05, 3.63) is 35.4 Å². The number of benzene rings is 1. The summed E-state index contributed by atoms with van der Waals surface area (Å²) in [6.07, 6.45) is 5.74. The fourth-order valence-electron chi connectivity index (χ4n) is 6.81. The van der Waals surface area contributed by atoms with Crippen LogP contribution >= 0.6 is 0 Å². The molecule has 1 saturated carbocycles. The molecular formula is C26H38F2N2O2. The second kappa shape index (κ2) is 9.38. The van der Waals surface area contributed by atoms with E-state index in [-0.39, 0.29) is 29.6 Å². The van der Waals surface area contributed by atoms with Crippen LogP contribution in [0, 0.1) is 35.3 Å². The lowest BCUT2D eigenvalue weighted by atomic mass is 9.63. The normalized spacial score (nSPS) is 34.8. The predicted octanol–water partition coefficient (Wildman–Crippen LogP) is 4.43. The predicted molar refractivity (Wildman–Crippen MR) is 121 cm³/mol. The molecule has 2 heterocycles. The van der Waals surface area contributed by atoms with E-state index in [1.54, 1.807) is 0 Å². The zero-order chi connectivity index (χ0) is 23.0. The zero-order valence-corrected chi connectivity index (χ0v) is 19.7. The van der Waals surface area contributed by atoms with E-state index in [2.05, 4.69) is 18.7 Å². The monoisotopic (exact) mass is 448 g/mol. The summed E-state index contributed by atoms with van der Waals surface area (Å²) in [7, 11) is 0. The minimum atomic E-state index is -0.731. The van der Waals surface area contributed by atoms with Crippen LogP contribution in [-0.2, 0) is 4.79 Å². The maximum atomic E-state index is 14.6. The highest BCUT2D eigenvalue weighted by atomic mass is 19.1. The molecule has 2 saturated heterocycles. The molecule has 1 aliphatic carbocycles. The Bertz CT molecular complexity index is 814. The molecule has 0 unspecified atom stereocenters. The Morgan fingerprint density at radius 2 is 1.72 bits per heavy atom. The molecule has 0 radical (unpaired) electrons. The van der Waals surface area contributed by atoms with Crippen LogP contribution in [0.2, 0.25) is 0 Å². The van der Waals surface area contributed by atoms with E-state index in [1.807, 2.05) is 11.8 Å². The highest BCUT2D eigenvalue weighted by Crippen LogP contribution is 2.45. The number of likely N-dealkylation sites (N-methyl/N-ethyl adjacent to an activating group) is 1. The fourth-order valence-corrected chi connectivity index (χ4v) is 6.81. The first-order valence-corrected chi connectivity index (χ1v) is 12.4. The van der Waals surface area contributed by atoms with Gasteiger partial charge in [0.2, 0.25) is 5.91 Å². The van der Waals surface area contributed by atoms with Gasteiger partial charge in [-0.15, -0.1) is 0 Å². The minimum absolute atomic E-state index is 0.00277. The molecule has 1 aromatic carbocycles. The van der Waals surface area contributed by atoms with Crippen LogP contribution in [0.4, 0.5) is 8.78 Å². The molecule has 1 amide bonds. The SMILES string of the molecule is CCN1C[C@@H](C(=O)N2C[C@@H](C)[C@@](O)(C3CCCCC3)[C@@H](C)C2)[C@H](c2ccc(F)cc2F)C1. The molecular weight excluding hydrogens is 410 g/mol. The maximum absolute atomic E-state index is 14.6. The molecule has 0 aromatic heterocycles. The summed E-state index contributed by atoms with van der Waals surface area (Å²) < 4.78 is 28.1. The molecule has 3 aliphatic rings. The molecule has 178 valence electrons. The van der Waals surface area contributed by atoms with Gasteiger partial charge in [0, 0.05) is 50.0 Å². The largest absolute Gasteiger partial charge is 0.389 e. The summed E-state index contributed by atoms with van der Waals surface area (Å²) in [4.78, 5) is 17.8. The van der Waals surface area contributed by atoms with E-state index in [4.69, 9.17) is 0 Å². The van der Waals surface area contributed by atoms with Crippen LogP contribution < -0.4 is 0 Å². The Kier molecular flexibility index (Phi) is 6.92. The third-order valence-electron chi connectivity index (χ3n) is 8.66. The molecule has 32 heavy (non-hydrogen) atoms. The molecule has 4 rings (SSSR count). The standard InChI is InChI=1S/C26H38F2N2O2/c1-4-29-15-22(21-11-10-20(27)12-24(21)28)23(16-29)25(31)30-13-17(2)26(32,18(3)14-30)19-8-6-5-7-9-19/h10-12,17-19,22-23,32H,4-9,13-16H2,1-3H3/t17-,18+,22-,23+,26+/m0/s1. The van der Waals surface area contributed by atoms with Gasteiger partial charge in [-0.2, -0.15) is 0 Å². The topological polar surface area (TPSA) is 43.8 Å². The number of hydrogen-bond acceptors (Lipinski definition) is 3. The summed E-state index contributed by atoms with van der Waals surface area (Å²) in [6, 6.07) is 3.70. The molecule has 1 aromatic rings. The number of halogens is 2. The van der Waals surface area contributed by atoms with Crippen molar-refractivity contribution in [2.24, 2.45) is 23.7 Å². The molecule has 6 heteroatoms. The first-order valence-electron chi connectivity index (χ1n) is 12.4. The van der Waals surface area contributed by atoms with Gasteiger partial charge in [0.25, 0.3) is 0 Å². The minimum Gasteiger partial charge on any atom is -0.389 e. The number of amides is 1. The van der Waals surface area contributed by atoms with Gasteiger partial charge < -0.3 is 14.9 Å². The van der Waals surface area contributed by atoms with Crippen molar-refractivity contribution < 1.29 is 18.7 Å². The molecule has 5 atom stereocenters. The lowest BCUT2D eigenvalue weighted by Crippen LogP contribution is -2.62.